The van der Waals surface area contributed by atoms with E-state index in [1.807, 2.05) is 19.1 Å². The van der Waals surface area contributed by atoms with E-state index in [0.29, 0.717) is 38.8 Å². The number of aliphatic imine (C=N–C) groups is 1. The highest BCUT2D eigenvalue weighted by Crippen LogP contribution is 2.22. The number of nitrogens with one attached hydrogen (secondary N) is 2. The molecule has 0 aromatic heterocycles. The molecule has 29 heavy (non-hydrogen) atoms. The summed E-state index contributed by atoms with van der Waals surface area (Å²) in [4.78, 5) is 7.14. The summed E-state index contributed by atoms with van der Waals surface area (Å²) in [5, 5.41) is 6.61. The first kappa shape index (κ1) is 26.1. The first-order valence-electron chi connectivity index (χ1n) is 10.3. The van der Waals surface area contributed by atoms with E-state index in [9.17, 15) is 4.39 Å². The van der Waals surface area contributed by atoms with Gasteiger partial charge in [0.15, 0.2) is 5.96 Å². The zero-order valence-corrected chi connectivity index (χ0v) is 20.2. The van der Waals surface area contributed by atoms with Gasteiger partial charge >= 0.3 is 0 Å². The molecule has 2 rings (SSSR count). The summed E-state index contributed by atoms with van der Waals surface area (Å²) >= 11 is 0. The molecule has 0 bridgehead atoms. The third-order valence-electron chi connectivity index (χ3n) is 4.50. The SMILES string of the molecule is CCNC(=NCC(c1ccc(F)cc1)N1CCOCC1)NCCOCC(C)C.I. The molecule has 1 fully saturated rings. The average molecular weight is 522 g/mol. The zero-order valence-electron chi connectivity index (χ0n) is 17.8. The van der Waals surface area contributed by atoms with Crippen molar-refractivity contribution in [1.29, 1.82) is 0 Å². The topological polar surface area (TPSA) is 58.1 Å². The first-order valence-corrected chi connectivity index (χ1v) is 10.3. The van der Waals surface area contributed by atoms with Crippen molar-refractivity contribution in [3.63, 3.8) is 0 Å². The lowest BCUT2D eigenvalue weighted by molar-refractivity contribution is 0.0179. The van der Waals surface area contributed by atoms with Gasteiger partial charge in [-0.15, -0.1) is 24.0 Å². The fraction of sp³-hybridized carbons (Fsp3) is 0.667. The molecule has 0 amide bonds. The van der Waals surface area contributed by atoms with Gasteiger partial charge in [0.1, 0.15) is 5.82 Å². The van der Waals surface area contributed by atoms with Crippen molar-refractivity contribution in [2.45, 2.75) is 26.8 Å². The predicted molar refractivity (Wildman–Crippen MR) is 127 cm³/mol. The first-order chi connectivity index (χ1) is 13.6. The van der Waals surface area contributed by atoms with Crippen LogP contribution in [0.1, 0.15) is 32.4 Å². The van der Waals surface area contributed by atoms with Crippen molar-refractivity contribution in [3.05, 3.63) is 35.6 Å². The van der Waals surface area contributed by atoms with Crippen LogP contribution >= 0.6 is 24.0 Å². The highest BCUT2D eigenvalue weighted by molar-refractivity contribution is 14.0. The molecule has 6 nitrogen and oxygen atoms in total. The molecule has 1 aliphatic heterocycles. The highest BCUT2D eigenvalue weighted by Gasteiger charge is 2.22. The molecule has 0 spiro atoms. The number of halogens is 2. The second kappa shape index (κ2) is 14.9. The van der Waals surface area contributed by atoms with Gasteiger partial charge in [-0.25, -0.2) is 4.39 Å². The lowest BCUT2D eigenvalue weighted by Crippen LogP contribution is -2.42. The van der Waals surface area contributed by atoms with Crippen LogP contribution in [0.3, 0.4) is 0 Å². The Labute approximate surface area is 191 Å². The minimum Gasteiger partial charge on any atom is -0.379 e. The Morgan fingerprint density at radius 2 is 1.90 bits per heavy atom. The van der Waals surface area contributed by atoms with Crippen LogP contribution in [-0.2, 0) is 9.47 Å². The third-order valence-corrected chi connectivity index (χ3v) is 4.50. The minimum atomic E-state index is -0.218. The van der Waals surface area contributed by atoms with Gasteiger partial charge in [0.25, 0.3) is 0 Å². The summed E-state index contributed by atoms with van der Waals surface area (Å²) in [6, 6.07) is 6.83. The molecule has 1 heterocycles. The number of morpholine rings is 1. The Kier molecular flexibility index (Phi) is 13.4. The second-order valence-electron chi connectivity index (χ2n) is 7.33. The number of nitrogens with zero attached hydrogens (tertiary/aromatic N) is 2. The largest absolute Gasteiger partial charge is 0.379 e. The van der Waals surface area contributed by atoms with Crippen molar-refractivity contribution in [1.82, 2.24) is 15.5 Å². The Morgan fingerprint density at radius 3 is 2.52 bits per heavy atom. The molecule has 0 saturated carbocycles. The van der Waals surface area contributed by atoms with Crippen molar-refractivity contribution < 1.29 is 13.9 Å². The Bertz CT molecular complexity index is 581. The third kappa shape index (κ3) is 10.1. The van der Waals surface area contributed by atoms with Gasteiger partial charge in [-0.1, -0.05) is 26.0 Å². The van der Waals surface area contributed by atoms with Gasteiger partial charge in [0.2, 0.25) is 0 Å². The Balaban J connectivity index is 0.00000420. The molecule has 1 saturated heterocycles. The standard InChI is InChI=1S/C21H35FN4O2.HI/c1-4-23-21(24-9-12-28-16-17(2)3)25-15-20(26-10-13-27-14-11-26)18-5-7-19(22)8-6-18;/h5-8,17,20H,4,9-16H2,1-3H3,(H2,23,24,25);1H. The maximum atomic E-state index is 13.4. The molecule has 1 atom stereocenters. The summed E-state index contributed by atoms with van der Waals surface area (Å²) in [5.41, 5.74) is 1.07. The molecule has 2 N–H and O–H groups in total. The summed E-state index contributed by atoms with van der Waals surface area (Å²) in [6.07, 6.45) is 0. The maximum Gasteiger partial charge on any atom is 0.191 e. The zero-order chi connectivity index (χ0) is 20.2. The maximum absolute atomic E-state index is 13.4. The van der Waals surface area contributed by atoms with E-state index in [2.05, 4.69) is 29.4 Å². The molecule has 8 heteroatoms. The molecular weight excluding hydrogens is 486 g/mol. The van der Waals surface area contributed by atoms with Crippen LogP contribution in [-0.4, -0.2) is 70.0 Å². The van der Waals surface area contributed by atoms with E-state index >= 15 is 0 Å². The van der Waals surface area contributed by atoms with E-state index in [1.54, 1.807) is 0 Å². The summed E-state index contributed by atoms with van der Waals surface area (Å²) in [6.45, 7) is 13.0. The average Bonchev–Trinajstić information content (AvgIpc) is 2.69. The fourth-order valence-corrected chi connectivity index (χ4v) is 3.09. The Hall–Kier alpha value is -0.970. The van der Waals surface area contributed by atoms with E-state index < -0.39 is 0 Å². The lowest BCUT2D eigenvalue weighted by Gasteiger charge is -2.34. The van der Waals surface area contributed by atoms with E-state index in [-0.39, 0.29) is 35.8 Å². The number of rotatable bonds is 10. The van der Waals surface area contributed by atoms with Crippen LogP contribution in [0.5, 0.6) is 0 Å². The molecule has 1 aliphatic rings. The van der Waals surface area contributed by atoms with Crippen LogP contribution in [0.15, 0.2) is 29.3 Å². The van der Waals surface area contributed by atoms with Gasteiger partial charge in [-0.2, -0.15) is 0 Å². The van der Waals surface area contributed by atoms with Crippen LogP contribution in [0, 0.1) is 11.7 Å². The van der Waals surface area contributed by atoms with Gasteiger partial charge in [-0.3, -0.25) is 9.89 Å². The minimum absolute atomic E-state index is 0. The molecule has 0 aliphatic carbocycles. The number of guanidine groups is 1. The summed E-state index contributed by atoms with van der Waals surface area (Å²) in [5.74, 6) is 1.09. The van der Waals surface area contributed by atoms with Gasteiger partial charge in [0, 0.05) is 32.8 Å². The lowest BCUT2D eigenvalue weighted by atomic mass is 10.0. The summed E-state index contributed by atoms with van der Waals surface area (Å²) < 4.78 is 24.5. The quantitative estimate of drug-likeness (QED) is 0.214. The molecule has 166 valence electrons. The highest BCUT2D eigenvalue weighted by atomic mass is 127. The molecule has 1 aromatic rings. The smallest absolute Gasteiger partial charge is 0.191 e. The summed E-state index contributed by atoms with van der Waals surface area (Å²) in [7, 11) is 0. The van der Waals surface area contributed by atoms with Crippen molar-refractivity contribution in [2.75, 3.05) is 59.2 Å². The monoisotopic (exact) mass is 522 g/mol. The van der Waals surface area contributed by atoms with Gasteiger partial charge in [-0.05, 0) is 30.5 Å². The van der Waals surface area contributed by atoms with E-state index in [0.717, 1.165) is 37.8 Å². The number of hydrogen-bond donors (Lipinski definition) is 2. The predicted octanol–water partition coefficient (Wildman–Crippen LogP) is 3.04. The molecule has 0 radical (unpaired) electrons. The van der Waals surface area contributed by atoms with E-state index in [4.69, 9.17) is 14.5 Å². The fourth-order valence-electron chi connectivity index (χ4n) is 3.09. The Morgan fingerprint density at radius 1 is 1.21 bits per heavy atom. The number of ether oxygens (including phenoxy) is 2. The van der Waals surface area contributed by atoms with Crippen molar-refractivity contribution in [3.8, 4) is 0 Å². The van der Waals surface area contributed by atoms with E-state index in [1.165, 1.54) is 12.1 Å². The van der Waals surface area contributed by atoms with Crippen molar-refractivity contribution in [2.24, 2.45) is 10.9 Å². The molecular formula is C21H36FIN4O2. The van der Waals surface area contributed by atoms with Crippen LogP contribution in [0.4, 0.5) is 4.39 Å². The number of benzene rings is 1. The van der Waals surface area contributed by atoms with Crippen molar-refractivity contribution >= 4 is 29.9 Å². The van der Waals surface area contributed by atoms with Crippen LogP contribution in [0.2, 0.25) is 0 Å². The molecule has 1 aromatic carbocycles. The van der Waals surface area contributed by atoms with Gasteiger partial charge < -0.3 is 20.1 Å². The van der Waals surface area contributed by atoms with Gasteiger partial charge in [0.05, 0.1) is 32.4 Å². The second-order valence-corrected chi connectivity index (χ2v) is 7.33. The van der Waals surface area contributed by atoms with Crippen LogP contribution < -0.4 is 10.6 Å². The number of hydrogen-bond acceptors (Lipinski definition) is 4. The molecule has 1 unspecified atom stereocenters. The normalized spacial score (nSPS) is 16.4. The van der Waals surface area contributed by atoms with Crippen LogP contribution in [0.25, 0.3) is 0 Å².